The first-order chi connectivity index (χ1) is 26.2. The van der Waals surface area contributed by atoms with Gasteiger partial charge < -0.3 is 0 Å². The lowest BCUT2D eigenvalue weighted by atomic mass is 10.0. The topological polar surface area (TPSA) is 51.6 Å². The van der Waals surface area contributed by atoms with Crippen LogP contribution >= 0.6 is 22.7 Å². The summed E-state index contributed by atoms with van der Waals surface area (Å²) in [6, 6.07) is 55.9. The molecule has 0 bridgehead atoms. The van der Waals surface area contributed by atoms with Gasteiger partial charge in [-0.1, -0.05) is 127 Å². The maximum atomic E-state index is 5.21. The number of hydrogen-bond acceptors (Lipinski definition) is 6. The molecule has 0 N–H and O–H groups in total. The molecule has 3 heterocycles. The van der Waals surface area contributed by atoms with Crippen LogP contribution in [0.1, 0.15) is 11.1 Å². The molecule has 0 amide bonds. The second-order valence-corrected chi connectivity index (χ2v) is 15.5. The molecule has 11 rings (SSSR count). The molecule has 1 aliphatic rings. The third-order valence-electron chi connectivity index (χ3n) is 10.2. The lowest BCUT2D eigenvalue weighted by Crippen LogP contribution is -2.00. The molecular weight excluding hydrogens is 685 g/mol. The number of para-hydroxylation sites is 1. The molecule has 0 unspecified atom stereocenters. The normalized spacial score (nSPS) is 12.1. The SMILES string of the molecule is c1ccc(-c2nc(-c3ccc4c(c3)-c3ccccc3C4)nc(-c3cccc4sc5cc(-c6ccc(-c7nc8ccccc8s7)cc6)ccc5c34)n2)cc1. The summed E-state index contributed by atoms with van der Waals surface area (Å²) in [6.45, 7) is 0. The van der Waals surface area contributed by atoms with E-state index in [9.17, 15) is 0 Å². The quantitative estimate of drug-likeness (QED) is 0.178. The van der Waals surface area contributed by atoms with Crippen LogP contribution in [0.3, 0.4) is 0 Å². The van der Waals surface area contributed by atoms with Crippen LogP contribution in [0, 0.1) is 0 Å². The molecule has 1 aliphatic carbocycles. The van der Waals surface area contributed by atoms with Gasteiger partial charge in [0.2, 0.25) is 0 Å². The zero-order chi connectivity index (χ0) is 34.9. The zero-order valence-electron chi connectivity index (χ0n) is 28.3. The Hall–Kier alpha value is -6.34. The Morgan fingerprint density at radius 1 is 0.377 bits per heavy atom. The van der Waals surface area contributed by atoms with Crippen LogP contribution in [0.2, 0.25) is 0 Å². The summed E-state index contributed by atoms with van der Waals surface area (Å²) in [5, 5.41) is 3.42. The van der Waals surface area contributed by atoms with Crippen molar-refractivity contribution in [1.82, 2.24) is 19.9 Å². The van der Waals surface area contributed by atoms with E-state index < -0.39 is 0 Å². The maximum absolute atomic E-state index is 5.21. The summed E-state index contributed by atoms with van der Waals surface area (Å²) in [6.07, 6.45) is 0.952. The highest BCUT2D eigenvalue weighted by atomic mass is 32.1. The highest BCUT2D eigenvalue weighted by molar-refractivity contribution is 7.26. The van der Waals surface area contributed by atoms with Crippen molar-refractivity contribution >= 4 is 53.1 Å². The van der Waals surface area contributed by atoms with E-state index in [-0.39, 0.29) is 0 Å². The van der Waals surface area contributed by atoms with E-state index in [4.69, 9.17) is 19.9 Å². The fraction of sp³-hybridized carbons (Fsp3) is 0.0213. The summed E-state index contributed by atoms with van der Waals surface area (Å²) < 4.78 is 3.65. The van der Waals surface area contributed by atoms with Crippen molar-refractivity contribution in [2.75, 3.05) is 0 Å². The number of rotatable bonds is 5. The minimum Gasteiger partial charge on any atom is -0.236 e. The molecule has 7 aromatic carbocycles. The van der Waals surface area contributed by atoms with Gasteiger partial charge in [-0.15, -0.1) is 22.7 Å². The van der Waals surface area contributed by atoms with Gasteiger partial charge in [-0.2, -0.15) is 0 Å². The average Bonchev–Trinajstić information content (AvgIpc) is 3.94. The van der Waals surface area contributed by atoms with Crippen molar-refractivity contribution in [3.8, 4) is 67.0 Å². The highest BCUT2D eigenvalue weighted by Gasteiger charge is 2.21. The van der Waals surface area contributed by atoms with Crippen molar-refractivity contribution < 1.29 is 0 Å². The van der Waals surface area contributed by atoms with Gasteiger partial charge in [0, 0.05) is 42.4 Å². The van der Waals surface area contributed by atoms with Gasteiger partial charge in [0.15, 0.2) is 17.5 Å². The largest absolute Gasteiger partial charge is 0.236 e. The Kier molecular flexibility index (Phi) is 6.93. The minimum absolute atomic E-state index is 0.666. The number of thiophene rings is 1. The van der Waals surface area contributed by atoms with Crippen LogP contribution in [-0.2, 0) is 6.42 Å². The van der Waals surface area contributed by atoms with Crippen LogP contribution in [0.15, 0.2) is 158 Å². The molecule has 4 nitrogen and oxygen atoms in total. The summed E-state index contributed by atoms with van der Waals surface area (Å²) >= 11 is 3.54. The molecule has 0 saturated heterocycles. The number of fused-ring (bicyclic) bond motifs is 7. The third kappa shape index (κ3) is 5.18. The Morgan fingerprint density at radius 3 is 1.94 bits per heavy atom. The number of aromatic nitrogens is 4. The summed E-state index contributed by atoms with van der Waals surface area (Å²) in [7, 11) is 0. The first-order valence-corrected chi connectivity index (χ1v) is 19.3. The molecule has 0 saturated carbocycles. The summed E-state index contributed by atoms with van der Waals surface area (Å²) in [4.78, 5) is 20.3. The molecule has 6 heteroatoms. The Bertz CT molecular complexity index is 3000. The van der Waals surface area contributed by atoms with Crippen molar-refractivity contribution in [1.29, 1.82) is 0 Å². The van der Waals surface area contributed by atoms with Gasteiger partial charge in [0.1, 0.15) is 5.01 Å². The Morgan fingerprint density at radius 2 is 1.06 bits per heavy atom. The fourth-order valence-electron chi connectivity index (χ4n) is 7.60. The molecule has 0 radical (unpaired) electrons. The van der Waals surface area contributed by atoms with Crippen molar-refractivity contribution in [2.45, 2.75) is 6.42 Å². The van der Waals surface area contributed by atoms with Crippen LogP contribution in [0.25, 0.3) is 97.4 Å². The monoisotopic (exact) mass is 712 g/mol. The molecule has 0 aliphatic heterocycles. The second kappa shape index (κ2) is 12.1. The van der Waals surface area contributed by atoms with E-state index in [0.717, 1.165) is 39.2 Å². The summed E-state index contributed by atoms with van der Waals surface area (Å²) in [5.74, 6) is 2.02. The standard InChI is InChI=1S/C47H28N4S2/c1-2-9-29(10-3-1)44-49-45(34-22-21-33-25-32-11-4-5-12-35(32)38(33)26-34)51-46(50-44)37-13-8-16-41-43(37)36-24-23-31(27-42(36)52-41)28-17-19-30(20-18-28)47-48-39-14-6-7-15-40(39)53-47/h1-24,26-27H,25H2. The minimum atomic E-state index is 0.666. The predicted molar refractivity (Wildman–Crippen MR) is 221 cm³/mol. The molecule has 248 valence electrons. The number of benzene rings is 7. The van der Waals surface area contributed by atoms with Crippen LogP contribution < -0.4 is 0 Å². The zero-order valence-corrected chi connectivity index (χ0v) is 30.0. The molecule has 0 spiro atoms. The van der Waals surface area contributed by atoms with Crippen LogP contribution in [0.4, 0.5) is 0 Å². The smallest absolute Gasteiger partial charge is 0.164 e. The molecule has 0 fully saturated rings. The van der Waals surface area contributed by atoms with Gasteiger partial charge in [0.25, 0.3) is 0 Å². The van der Waals surface area contributed by atoms with E-state index in [1.807, 2.05) is 35.6 Å². The fourth-order valence-corrected chi connectivity index (χ4v) is 9.74. The van der Waals surface area contributed by atoms with E-state index in [0.29, 0.717) is 17.5 Å². The number of thiazole rings is 1. The van der Waals surface area contributed by atoms with E-state index >= 15 is 0 Å². The van der Waals surface area contributed by atoms with E-state index in [1.54, 1.807) is 11.3 Å². The maximum Gasteiger partial charge on any atom is 0.164 e. The van der Waals surface area contributed by atoms with Gasteiger partial charge in [-0.3, -0.25) is 0 Å². The lowest BCUT2D eigenvalue weighted by molar-refractivity contribution is 1.08. The van der Waals surface area contributed by atoms with Gasteiger partial charge in [-0.25, -0.2) is 19.9 Å². The Labute approximate surface area is 313 Å². The molecule has 53 heavy (non-hydrogen) atoms. The van der Waals surface area contributed by atoms with Gasteiger partial charge in [0.05, 0.1) is 10.2 Å². The van der Waals surface area contributed by atoms with Crippen molar-refractivity contribution in [3.63, 3.8) is 0 Å². The third-order valence-corrected chi connectivity index (χ3v) is 12.4. The lowest BCUT2D eigenvalue weighted by Gasteiger charge is -2.11. The van der Waals surface area contributed by atoms with Crippen molar-refractivity contribution in [3.05, 3.63) is 169 Å². The first-order valence-electron chi connectivity index (χ1n) is 17.7. The number of nitrogens with zero attached hydrogens (tertiary/aromatic N) is 4. The first kappa shape index (κ1) is 30.3. The second-order valence-electron chi connectivity index (χ2n) is 13.4. The van der Waals surface area contributed by atoms with Crippen LogP contribution in [0.5, 0.6) is 0 Å². The molecular formula is C47H28N4S2. The molecule has 10 aromatic rings. The predicted octanol–water partition coefficient (Wildman–Crippen LogP) is 12.8. The Balaban J connectivity index is 1.01. The molecule has 0 atom stereocenters. The average molecular weight is 713 g/mol. The summed E-state index contributed by atoms with van der Waals surface area (Å²) in [5.41, 5.74) is 12.8. The number of hydrogen-bond donors (Lipinski definition) is 0. The molecule has 3 aromatic heterocycles. The van der Waals surface area contributed by atoms with E-state index in [1.165, 1.54) is 58.3 Å². The van der Waals surface area contributed by atoms with Gasteiger partial charge in [-0.05, 0) is 70.1 Å². The van der Waals surface area contributed by atoms with Crippen LogP contribution in [-0.4, -0.2) is 19.9 Å². The van der Waals surface area contributed by atoms with Crippen molar-refractivity contribution in [2.24, 2.45) is 0 Å². The van der Waals surface area contributed by atoms with Gasteiger partial charge >= 0.3 is 0 Å². The van der Waals surface area contributed by atoms with E-state index in [2.05, 4.69) is 133 Å². The highest BCUT2D eigenvalue weighted by Crippen LogP contribution is 2.43.